The summed E-state index contributed by atoms with van der Waals surface area (Å²) < 4.78 is 5.56. The minimum absolute atomic E-state index is 0.162. The molecule has 4 rings (SSSR count). The Kier molecular flexibility index (Phi) is 5.58. The molecule has 0 saturated heterocycles. The van der Waals surface area contributed by atoms with E-state index in [1.807, 2.05) is 76.8 Å². The van der Waals surface area contributed by atoms with E-state index in [0.717, 1.165) is 26.0 Å². The van der Waals surface area contributed by atoms with Crippen molar-refractivity contribution >= 4 is 51.6 Å². The Morgan fingerprint density at radius 1 is 0.963 bits per heavy atom. The van der Waals surface area contributed by atoms with Crippen LogP contribution in [0.3, 0.4) is 0 Å². The van der Waals surface area contributed by atoms with Crippen molar-refractivity contribution < 1.29 is 9.53 Å². The first kappa shape index (κ1) is 17.9. The van der Waals surface area contributed by atoms with Crippen LogP contribution in [0.2, 0.25) is 0 Å². The third kappa shape index (κ3) is 4.42. The largest absolute Gasteiger partial charge is 0.456 e. The van der Waals surface area contributed by atoms with Gasteiger partial charge in [-0.25, -0.2) is 9.78 Å². The van der Waals surface area contributed by atoms with E-state index in [2.05, 4.69) is 4.98 Å². The van der Waals surface area contributed by atoms with E-state index >= 15 is 0 Å². The molecule has 4 aromatic rings. The summed E-state index contributed by atoms with van der Waals surface area (Å²) in [4.78, 5) is 19.2. The molecule has 0 bridgehead atoms. The number of hydrogen-bond acceptors (Lipinski definition) is 6. The normalized spacial score (nSPS) is 11.5. The molecule has 3 aromatic heterocycles. The molecule has 3 nitrogen and oxygen atoms in total. The molecule has 0 radical (unpaired) electrons. The molecular weight excluding hydrogens is 394 g/mol. The molecule has 0 saturated carbocycles. The molecule has 1 aromatic carbocycles. The first-order valence-corrected chi connectivity index (χ1v) is 10.9. The van der Waals surface area contributed by atoms with Crippen molar-refractivity contribution in [3.05, 3.63) is 86.2 Å². The number of nitrogens with zero attached hydrogens (tertiary/aromatic N) is 1. The second-order valence-electron chi connectivity index (χ2n) is 5.64. The minimum atomic E-state index is -0.333. The summed E-state index contributed by atoms with van der Waals surface area (Å²) in [5.74, 6) is -0.333. The molecule has 0 aliphatic rings. The van der Waals surface area contributed by atoms with Gasteiger partial charge < -0.3 is 4.74 Å². The SMILES string of the molecule is O=C(OCc1csc(-c2ccccc2)n1)/C(=C/c1cccs1)c1cccs1. The molecule has 27 heavy (non-hydrogen) atoms. The predicted octanol–water partition coefficient (Wildman–Crippen LogP) is 6.22. The van der Waals surface area contributed by atoms with Gasteiger partial charge in [0.2, 0.25) is 0 Å². The van der Waals surface area contributed by atoms with Crippen LogP contribution < -0.4 is 0 Å². The summed E-state index contributed by atoms with van der Waals surface area (Å²) in [5, 5.41) is 6.80. The van der Waals surface area contributed by atoms with Gasteiger partial charge in [0.05, 0.1) is 11.3 Å². The van der Waals surface area contributed by atoms with E-state index in [4.69, 9.17) is 4.74 Å². The van der Waals surface area contributed by atoms with Crippen LogP contribution in [0.25, 0.3) is 22.2 Å². The average Bonchev–Trinajstić information content (AvgIpc) is 3.47. The summed E-state index contributed by atoms with van der Waals surface area (Å²) in [7, 11) is 0. The number of carbonyl (C=O) groups is 1. The molecule has 0 unspecified atom stereocenters. The third-order valence-electron chi connectivity index (χ3n) is 3.76. The quantitative estimate of drug-likeness (QED) is 0.280. The van der Waals surface area contributed by atoms with Crippen LogP contribution in [-0.2, 0) is 16.1 Å². The maximum absolute atomic E-state index is 12.7. The van der Waals surface area contributed by atoms with Crippen molar-refractivity contribution in [1.29, 1.82) is 0 Å². The van der Waals surface area contributed by atoms with Crippen molar-refractivity contribution in [2.45, 2.75) is 6.61 Å². The number of aromatic nitrogens is 1. The van der Waals surface area contributed by atoms with Crippen molar-refractivity contribution in [2.24, 2.45) is 0 Å². The van der Waals surface area contributed by atoms with Gasteiger partial charge in [0.25, 0.3) is 0 Å². The Morgan fingerprint density at radius 2 is 1.78 bits per heavy atom. The number of thiazole rings is 1. The van der Waals surface area contributed by atoms with Gasteiger partial charge in [-0.2, -0.15) is 0 Å². The highest BCUT2D eigenvalue weighted by Crippen LogP contribution is 2.27. The fourth-order valence-electron chi connectivity index (χ4n) is 2.48. The van der Waals surface area contributed by atoms with Crippen molar-refractivity contribution in [3.63, 3.8) is 0 Å². The Bertz CT molecular complexity index is 1030. The van der Waals surface area contributed by atoms with Gasteiger partial charge in [0, 0.05) is 20.7 Å². The van der Waals surface area contributed by atoms with Crippen LogP contribution in [0.5, 0.6) is 0 Å². The second-order valence-corrected chi connectivity index (χ2v) is 8.42. The van der Waals surface area contributed by atoms with Crippen LogP contribution in [-0.4, -0.2) is 11.0 Å². The molecule has 0 aliphatic heterocycles. The molecule has 3 heterocycles. The Labute approximate surface area is 169 Å². The first-order chi connectivity index (χ1) is 13.3. The van der Waals surface area contributed by atoms with Crippen LogP contribution >= 0.6 is 34.0 Å². The number of thiophene rings is 2. The maximum Gasteiger partial charge on any atom is 0.340 e. The first-order valence-electron chi connectivity index (χ1n) is 8.25. The van der Waals surface area contributed by atoms with E-state index < -0.39 is 0 Å². The van der Waals surface area contributed by atoms with Crippen molar-refractivity contribution in [3.8, 4) is 10.6 Å². The van der Waals surface area contributed by atoms with E-state index in [1.54, 1.807) is 22.7 Å². The van der Waals surface area contributed by atoms with E-state index in [0.29, 0.717) is 5.57 Å². The third-order valence-corrected chi connectivity index (χ3v) is 6.42. The number of rotatable bonds is 6. The summed E-state index contributed by atoms with van der Waals surface area (Å²) in [6, 6.07) is 17.8. The van der Waals surface area contributed by atoms with Crippen LogP contribution in [0, 0.1) is 0 Å². The Morgan fingerprint density at radius 3 is 2.52 bits per heavy atom. The number of esters is 1. The van der Waals surface area contributed by atoms with Crippen LogP contribution in [0.4, 0.5) is 0 Å². The van der Waals surface area contributed by atoms with Gasteiger partial charge >= 0.3 is 5.97 Å². The molecule has 0 amide bonds. The van der Waals surface area contributed by atoms with Gasteiger partial charge in [0.15, 0.2) is 0 Å². The average molecular weight is 410 g/mol. The lowest BCUT2D eigenvalue weighted by molar-refractivity contribution is -0.137. The monoisotopic (exact) mass is 409 g/mol. The second kappa shape index (κ2) is 8.43. The highest BCUT2D eigenvalue weighted by Gasteiger charge is 2.16. The molecule has 0 atom stereocenters. The number of hydrogen-bond donors (Lipinski definition) is 0. The minimum Gasteiger partial charge on any atom is -0.456 e. The van der Waals surface area contributed by atoms with Crippen molar-refractivity contribution in [2.75, 3.05) is 0 Å². The van der Waals surface area contributed by atoms with E-state index in [1.165, 1.54) is 11.3 Å². The summed E-state index contributed by atoms with van der Waals surface area (Å²) >= 11 is 4.67. The molecule has 0 spiro atoms. The Balaban J connectivity index is 1.48. The smallest absolute Gasteiger partial charge is 0.340 e. The van der Waals surface area contributed by atoms with Gasteiger partial charge in [-0.15, -0.1) is 34.0 Å². The Hall–Kier alpha value is -2.54. The highest BCUT2D eigenvalue weighted by atomic mass is 32.1. The van der Waals surface area contributed by atoms with Gasteiger partial charge in [-0.3, -0.25) is 0 Å². The molecule has 134 valence electrons. The van der Waals surface area contributed by atoms with Gasteiger partial charge in [-0.05, 0) is 29.0 Å². The number of ether oxygens (including phenoxy) is 1. The summed E-state index contributed by atoms with van der Waals surface area (Å²) in [6.45, 7) is 0.162. The molecular formula is C21H15NO2S3. The lowest BCUT2D eigenvalue weighted by Gasteiger charge is -2.06. The number of carbonyl (C=O) groups excluding carboxylic acids is 1. The summed E-state index contributed by atoms with van der Waals surface area (Å²) in [6.07, 6.45) is 1.88. The molecule has 0 aliphatic carbocycles. The van der Waals surface area contributed by atoms with E-state index in [-0.39, 0.29) is 12.6 Å². The highest BCUT2D eigenvalue weighted by molar-refractivity contribution is 7.13. The maximum atomic E-state index is 12.7. The molecule has 6 heteroatoms. The fourth-order valence-corrected chi connectivity index (χ4v) is 4.68. The van der Waals surface area contributed by atoms with Crippen LogP contribution in [0.1, 0.15) is 15.4 Å². The van der Waals surface area contributed by atoms with Crippen molar-refractivity contribution in [1.82, 2.24) is 4.98 Å². The summed E-state index contributed by atoms with van der Waals surface area (Å²) in [5.41, 5.74) is 2.40. The number of benzene rings is 1. The van der Waals surface area contributed by atoms with E-state index in [9.17, 15) is 4.79 Å². The van der Waals surface area contributed by atoms with Crippen LogP contribution in [0.15, 0.2) is 70.7 Å². The predicted molar refractivity (Wildman–Crippen MR) is 114 cm³/mol. The molecule has 0 N–H and O–H groups in total. The zero-order valence-electron chi connectivity index (χ0n) is 14.2. The fraction of sp³-hybridized carbons (Fsp3) is 0.0476. The standard InChI is InChI=1S/C21H15NO2S3/c23-21(18(19-9-5-11-26-19)12-17-8-4-10-25-17)24-13-16-14-27-20(22-16)15-6-2-1-3-7-15/h1-12,14H,13H2/b18-12+. The zero-order chi connectivity index (χ0) is 18.5. The van der Waals surface area contributed by atoms with Gasteiger partial charge in [-0.1, -0.05) is 42.5 Å². The lowest BCUT2D eigenvalue weighted by Crippen LogP contribution is -2.06. The topological polar surface area (TPSA) is 39.2 Å². The lowest BCUT2D eigenvalue weighted by atomic mass is 10.2. The zero-order valence-corrected chi connectivity index (χ0v) is 16.7. The molecule has 0 fully saturated rings. The van der Waals surface area contributed by atoms with Gasteiger partial charge in [0.1, 0.15) is 11.6 Å².